The molecule has 1 amide bonds. The summed E-state index contributed by atoms with van der Waals surface area (Å²) >= 11 is 0. The molecule has 1 heterocycles. The van der Waals surface area contributed by atoms with Crippen molar-refractivity contribution < 1.29 is 15.0 Å². The molecule has 0 saturated carbocycles. The minimum Gasteiger partial charge on any atom is -0.390 e. The number of hydrogen-bond acceptors (Lipinski definition) is 4. The van der Waals surface area contributed by atoms with E-state index < -0.39 is 12.2 Å². The van der Waals surface area contributed by atoms with Gasteiger partial charge in [-0.15, -0.1) is 0 Å². The highest BCUT2D eigenvalue weighted by atomic mass is 16.3. The van der Waals surface area contributed by atoms with Gasteiger partial charge < -0.3 is 15.5 Å². The van der Waals surface area contributed by atoms with Gasteiger partial charge in [0.2, 0.25) is 5.91 Å². The third-order valence-corrected chi connectivity index (χ3v) is 2.20. The molecule has 0 saturated heterocycles. The molecular formula is C11H16N2O3. The summed E-state index contributed by atoms with van der Waals surface area (Å²) in [7, 11) is 0. The number of aliphatic hydroxyl groups excluding tert-OH is 2. The largest absolute Gasteiger partial charge is 0.390 e. The van der Waals surface area contributed by atoms with Crippen molar-refractivity contribution in [2.24, 2.45) is 0 Å². The van der Waals surface area contributed by atoms with Crippen molar-refractivity contribution in [1.82, 2.24) is 10.3 Å². The zero-order valence-corrected chi connectivity index (χ0v) is 9.13. The van der Waals surface area contributed by atoms with E-state index in [0.29, 0.717) is 18.5 Å². The summed E-state index contributed by atoms with van der Waals surface area (Å²) in [5, 5.41) is 22.0. The van der Waals surface area contributed by atoms with E-state index in [0.717, 1.165) is 0 Å². The van der Waals surface area contributed by atoms with E-state index in [4.69, 9.17) is 0 Å². The number of rotatable bonds is 5. The van der Waals surface area contributed by atoms with Gasteiger partial charge in [-0.2, -0.15) is 0 Å². The highest BCUT2D eigenvalue weighted by molar-refractivity contribution is 5.72. The van der Waals surface area contributed by atoms with Crippen LogP contribution in [0.1, 0.15) is 25.0 Å². The molecule has 0 radical (unpaired) electrons. The number of aromatic nitrogens is 1. The van der Waals surface area contributed by atoms with Crippen LogP contribution in [0.5, 0.6) is 0 Å². The van der Waals surface area contributed by atoms with Gasteiger partial charge in [0.05, 0.1) is 6.10 Å². The lowest BCUT2D eigenvalue weighted by Gasteiger charge is -2.17. The van der Waals surface area contributed by atoms with Crippen LogP contribution in [0, 0.1) is 0 Å². The average Bonchev–Trinajstić information content (AvgIpc) is 2.28. The van der Waals surface area contributed by atoms with Gasteiger partial charge in [0.15, 0.2) is 0 Å². The number of amides is 1. The van der Waals surface area contributed by atoms with Crippen molar-refractivity contribution in [3.8, 4) is 0 Å². The lowest BCUT2D eigenvalue weighted by Crippen LogP contribution is -2.27. The van der Waals surface area contributed by atoms with Crippen molar-refractivity contribution in [1.29, 1.82) is 0 Å². The van der Waals surface area contributed by atoms with Crippen LogP contribution in [0.4, 0.5) is 0 Å². The maximum Gasteiger partial charge on any atom is 0.216 e. The van der Waals surface area contributed by atoms with Gasteiger partial charge in [-0.1, -0.05) is 6.07 Å². The molecule has 2 unspecified atom stereocenters. The standard InChI is InChI=1S/C11H16N2O3/c1-8(14)13-6-4-10(15)11(16)9-3-2-5-12-7-9/h2-3,5,7,10-11,15-16H,4,6H2,1H3,(H,13,14). The van der Waals surface area contributed by atoms with Crippen LogP contribution in [-0.2, 0) is 4.79 Å². The van der Waals surface area contributed by atoms with Crippen LogP contribution in [0.15, 0.2) is 24.5 Å². The maximum atomic E-state index is 10.6. The second-order valence-corrected chi connectivity index (χ2v) is 3.57. The first-order valence-corrected chi connectivity index (χ1v) is 5.11. The summed E-state index contributed by atoms with van der Waals surface area (Å²) in [6.07, 6.45) is 1.53. The Morgan fingerprint density at radius 3 is 2.88 bits per heavy atom. The molecule has 1 aromatic heterocycles. The van der Waals surface area contributed by atoms with Gasteiger partial charge in [-0.05, 0) is 12.5 Å². The Bertz CT molecular complexity index is 329. The fourth-order valence-electron chi connectivity index (χ4n) is 1.33. The minimum atomic E-state index is -0.970. The predicted molar refractivity (Wildman–Crippen MR) is 58.5 cm³/mol. The van der Waals surface area contributed by atoms with E-state index in [-0.39, 0.29) is 5.91 Å². The molecule has 5 heteroatoms. The second kappa shape index (κ2) is 6.19. The van der Waals surface area contributed by atoms with Crippen LogP contribution < -0.4 is 5.32 Å². The lowest BCUT2D eigenvalue weighted by atomic mass is 10.0. The number of pyridine rings is 1. The Labute approximate surface area is 94.1 Å². The Morgan fingerprint density at radius 2 is 2.31 bits per heavy atom. The summed E-state index contributed by atoms with van der Waals surface area (Å²) in [5.41, 5.74) is 0.567. The van der Waals surface area contributed by atoms with E-state index >= 15 is 0 Å². The molecule has 0 spiro atoms. The Hall–Kier alpha value is -1.46. The Kier molecular flexibility index (Phi) is 4.88. The van der Waals surface area contributed by atoms with Gasteiger partial charge in [-0.25, -0.2) is 0 Å². The summed E-state index contributed by atoms with van der Waals surface area (Å²) in [5.74, 6) is -0.150. The summed E-state index contributed by atoms with van der Waals surface area (Å²) < 4.78 is 0. The molecular weight excluding hydrogens is 208 g/mol. The highest BCUT2D eigenvalue weighted by Crippen LogP contribution is 2.17. The van der Waals surface area contributed by atoms with Gasteiger partial charge in [0.1, 0.15) is 6.10 Å². The molecule has 0 aliphatic carbocycles. The van der Waals surface area contributed by atoms with Crippen LogP contribution in [0.25, 0.3) is 0 Å². The molecule has 1 rings (SSSR count). The first-order chi connectivity index (χ1) is 7.61. The zero-order chi connectivity index (χ0) is 12.0. The van der Waals surface area contributed by atoms with Gasteiger partial charge in [0.25, 0.3) is 0 Å². The second-order valence-electron chi connectivity index (χ2n) is 3.57. The molecule has 0 fully saturated rings. The van der Waals surface area contributed by atoms with Crippen LogP contribution in [0.2, 0.25) is 0 Å². The van der Waals surface area contributed by atoms with E-state index in [9.17, 15) is 15.0 Å². The number of carbonyl (C=O) groups excluding carboxylic acids is 1. The quantitative estimate of drug-likeness (QED) is 0.657. The zero-order valence-electron chi connectivity index (χ0n) is 9.13. The molecule has 0 aliphatic rings. The summed E-state index contributed by atoms with van der Waals surface area (Å²) in [6.45, 7) is 1.75. The smallest absolute Gasteiger partial charge is 0.216 e. The van der Waals surface area contributed by atoms with E-state index in [2.05, 4.69) is 10.3 Å². The average molecular weight is 224 g/mol. The first-order valence-electron chi connectivity index (χ1n) is 5.11. The van der Waals surface area contributed by atoms with Crippen molar-refractivity contribution in [2.45, 2.75) is 25.6 Å². The summed E-state index contributed by atoms with van der Waals surface area (Å²) in [6, 6.07) is 3.39. The highest BCUT2D eigenvalue weighted by Gasteiger charge is 2.17. The van der Waals surface area contributed by atoms with Gasteiger partial charge in [0, 0.05) is 31.4 Å². The third-order valence-electron chi connectivity index (χ3n) is 2.20. The molecule has 16 heavy (non-hydrogen) atoms. The Morgan fingerprint density at radius 1 is 1.56 bits per heavy atom. The predicted octanol–water partition coefficient (Wildman–Crippen LogP) is 0.00210. The Balaban J connectivity index is 2.42. The summed E-state index contributed by atoms with van der Waals surface area (Å²) in [4.78, 5) is 14.5. The number of nitrogens with zero attached hydrogens (tertiary/aromatic N) is 1. The molecule has 2 atom stereocenters. The van der Waals surface area contributed by atoms with Crippen molar-refractivity contribution in [3.63, 3.8) is 0 Å². The number of aliphatic hydroxyl groups is 2. The third kappa shape index (κ3) is 3.96. The minimum absolute atomic E-state index is 0.150. The molecule has 0 aliphatic heterocycles. The maximum absolute atomic E-state index is 10.6. The van der Waals surface area contributed by atoms with Crippen LogP contribution in [0.3, 0.4) is 0 Å². The van der Waals surface area contributed by atoms with E-state index in [1.807, 2.05) is 0 Å². The van der Waals surface area contributed by atoms with Crippen molar-refractivity contribution >= 4 is 5.91 Å². The molecule has 88 valence electrons. The van der Waals surface area contributed by atoms with Gasteiger partial charge >= 0.3 is 0 Å². The molecule has 0 bridgehead atoms. The van der Waals surface area contributed by atoms with E-state index in [1.54, 1.807) is 18.3 Å². The number of hydrogen-bond donors (Lipinski definition) is 3. The lowest BCUT2D eigenvalue weighted by molar-refractivity contribution is -0.119. The number of nitrogens with one attached hydrogen (secondary N) is 1. The molecule has 3 N–H and O–H groups in total. The first kappa shape index (κ1) is 12.6. The fourth-order valence-corrected chi connectivity index (χ4v) is 1.33. The van der Waals surface area contributed by atoms with E-state index in [1.165, 1.54) is 13.1 Å². The van der Waals surface area contributed by atoms with Crippen LogP contribution in [-0.4, -0.2) is 33.8 Å². The van der Waals surface area contributed by atoms with Crippen molar-refractivity contribution in [3.05, 3.63) is 30.1 Å². The fraction of sp³-hybridized carbons (Fsp3) is 0.455. The van der Waals surface area contributed by atoms with Gasteiger partial charge in [-0.3, -0.25) is 9.78 Å². The molecule has 1 aromatic rings. The molecule has 0 aromatic carbocycles. The normalized spacial score (nSPS) is 14.2. The monoisotopic (exact) mass is 224 g/mol. The molecule has 5 nitrogen and oxygen atoms in total. The van der Waals surface area contributed by atoms with Crippen LogP contribution >= 0.6 is 0 Å². The van der Waals surface area contributed by atoms with Crippen molar-refractivity contribution in [2.75, 3.05) is 6.54 Å². The topological polar surface area (TPSA) is 82.5 Å². The SMILES string of the molecule is CC(=O)NCCC(O)C(O)c1cccnc1. The number of carbonyl (C=O) groups is 1.